The van der Waals surface area contributed by atoms with E-state index in [4.69, 9.17) is 14.5 Å². The first-order chi connectivity index (χ1) is 19.5. The van der Waals surface area contributed by atoms with Gasteiger partial charge in [0.15, 0.2) is 5.78 Å². The molecular weight excluding hydrogens is 510 g/mol. The second-order valence-electron chi connectivity index (χ2n) is 11.8. The minimum absolute atomic E-state index is 0.00996. The minimum atomic E-state index is -0.0141. The lowest BCUT2D eigenvalue weighted by molar-refractivity contribution is -0.114. The molecule has 7 rings (SSSR count). The molecule has 40 heavy (non-hydrogen) atoms. The summed E-state index contributed by atoms with van der Waals surface area (Å²) in [6.45, 7) is 5.49. The summed E-state index contributed by atoms with van der Waals surface area (Å²) in [6.07, 6.45) is 6.52. The van der Waals surface area contributed by atoms with Crippen molar-refractivity contribution >= 4 is 23.9 Å². The molecule has 210 valence electrons. The first-order valence-electron chi connectivity index (χ1n) is 14.5. The van der Waals surface area contributed by atoms with Crippen molar-refractivity contribution in [2.24, 2.45) is 10.9 Å². The number of aromatic nitrogens is 1. The molecule has 0 N–H and O–H groups in total. The van der Waals surface area contributed by atoms with Gasteiger partial charge in [0.05, 0.1) is 6.61 Å². The molecule has 1 aliphatic carbocycles. The molecule has 0 bridgehead atoms. The monoisotopic (exact) mass is 545 g/mol. The number of hydrogen-bond acceptors (Lipinski definition) is 7. The Labute approximate surface area is 233 Å². The van der Waals surface area contributed by atoms with Crippen LogP contribution in [0.2, 0.25) is 0 Å². The fraction of sp³-hybridized carbons (Fsp3) is 0.567. The summed E-state index contributed by atoms with van der Waals surface area (Å²) in [7, 11) is 0. The highest BCUT2D eigenvalue weighted by molar-refractivity contribution is 6.06. The van der Waals surface area contributed by atoms with E-state index in [0.29, 0.717) is 75.6 Å². The zero-order valence-electron chi connectivity index (χ0n) is 22.8. The van der Waals surface area contributed by atoms with Crippen LogP contribution in [-0.2, 0) is 9.53 Å². The van der Waals surface area contributed by atoms with Crippen LogP contribution in [0.3, 0.4) is 0 Å². The Morgan fingerprint density at radius 1 is 0.950 bits per heavy atom. The molecule has 6 heterocycles. The van der Waals surface area contributed by atoms with Crippen molar-refractivity contribution in [1.82, 2.24) is 19.7 Å². The van der Waals surface area contributed by atoms with Crippen molar-refractivity contribution in [1.29, 1.82) is 0 Å². The molecule has 0 spiro atoms. The summed E-state index contributed by atoms with van der Waals surface area (Å²) in [5.41, 5.74) is 5.59. The maximum atomic E-state index is 13.6. The first kappa shape index (κ1) is 25.4. The lowest BCUT2D eigenvalue weighted by atomic mass is 9.95. The van der Waals surface area contributed by atoms with Crippen LogP contribution in [0.5, 0.6) is 5.88 Å². The standard InChI is InChI=1S/C30H35N5O5/c36-27-12-31-11-22-13-33(6-3-25(22)27)30(38)35-16-23-14-34(15-24(23)17-35)29(37)21-9-26(20-1-2-20)32-28(10-21)40-18-19-4-7-39-8-5-19/h9-11,19-20H,1-8,12-18H2. The topological polar surface area (TPSA) is 105 Å². The molecule has 0 unspecified atom stereocenters. The summed E-state index contributed by atoms with van der Waals surface area (Å²) in [4.78, 5) is 53.5. The number of carbonyl (C=O) groups is 3. The van der Waals surface area contributed by atoms with Crippen molar-refractivity contribution < 1.29 is 23.9 Å². The van der Waals surface area contributed by atoms with Crippen molar-refractivity contribution in [2.75, 3.05) is 65.6 Å². The second-order valence-corrected chi connectivity index (χ2v) is 11.8. The van der Waals surface area contributed by atoms with Crippen molar-refractivity contribution in [3.05, 3.63) is 45.7 Å². The van der Waals surface area contributed by atoms with E-state index in [9.17, 15) is 14.4 Å². The number of aliphatic imine (C=N–C) groups is 1. The SMILES string of the molecule is O=C1CN=CC2=C1CCN(C(=O)N1CC3=C(CN(C(=O)c4cc(OCC5CCOCC5)nc(C5CC5)c4)C3)C1)C2. The van der Waals surface area contributed by atoms with Gasteiger partial charge >= 0.3 is 6.03 Å². The van der Waals surface area contributed by atoms with Gasteiger partial charge in [-0.3, -0.25) is 14.6 Å². The summed E-state index contributed by atoms with van der Waals surface area (Å²) in [5, 5.41) is 0. The number of hydrogen-bond donors (Lipinski definition) is 0. The van der Waals surface area contributed by atoms with Gasteiger partial charge in [-0.1, -0.05) is 0 Å². The molecule has 3 amide bonds. The number of nitrogens with zero attached hydrogens (tertiary/aromatic N) is 5. The third-order valence-electron chi connectivity index (χ3n) is 8.93. The van der Waals surface area contributed by atoms with E-state index in [1.807, 2.05) is 20.8 Å². The Morgan fingerprint density at radius 3 is 2.45 bits per heavy atom. The van der Waals surface area contributed by atoms with Crippen molar-refractivity contribution in [3.8, 4) is 5.88 Å². The Kier molecular flexibility index (Phi) is 6.65. The first-order valence-corrected chi connectivity index (χ1v) is 14.5. The maximum Gasteiger partial charge on any atom is 0.320 e. The Bertz CT molecular complexity index is 1320. The molecule has 10 heteroatoms. The number of urea groups is 1. The molecule has 2 fully saturated rings. The number of carbonyl (C=O) groups excluding carboxylic acids is 3. The maximum absolute atomic E-state index is 13.6. The van der Waals surface area contributed by atoms with Gasteiger partial charge in [-0.15, -0.1) is 0 Å². The number of ketones is 1. The molecule has 1 saturated heterocycles. The van der Waals surface area contributed by atoms with Crippen LogP contribution in [0.4, 0.5) is 4.79 Å². The molecule has 5 aliphatic heterocycles. The van der Waals surface area contributed by atoms with Gasteiger partial charge in [0.1, 0.15) is 6.54 Å². The zero-order valence-corrected chi connectivity index (χ0v) is 22.8. The van der Waals surface area contributed by atoms with Crippen LogP contribution >= 0.6 is 0 Å². The summed E-state index contributed by atoms with van der Waals surface area (Å²) in [6, 6.07) is 3.73. The quantitative estimate of drug-likeness (QED) is 0.527. The number of Topliss-reactive ketones (excluding diaryl/α,β-unsaturated/α-hetero) is 1. The van der Waals surface area contributed by atoms with Crippen molar-refractivity contribution in [3.63, 3.8) is 0 Å². The average molecular weight is 546 g/mol. The van der Waals surface area contributed by atoms with Gasteiger partial charge in [0.2, 0.25) is 5.88 Å². The van der Waals surface area contributed by atoms with E-state index < -0.39 is 0 Å². The molecule has 0 radical (unpaired) electrons. The highest BCUT2D eigenvalue weighted by atomic mass is 16.5. The normalized spacial score (nSPS) is 23.2. The fourth-order valence-electron chi connectivity index (χ4n) is 6.39. The molecular formula is C30H35N5O5. The van der Waals surface area contributed by atoms with Gasteiger partial charge in [0.25, 0.3) is 5.91 Å². The summed E-state index contributed by atoms with van der Waals surface area (Å²) < 4.78 is 11.6. The van der Waals surface area contributed by atoms with Gasteiger partial charge in [0, 0.05) is 87.5 Å². The van der Waals surface area contributed by atoms with Crippen LogP contribution in [0.25, 0.3) is 0 Å². The third kappa shape index (κ3) is 5.05. The average Bonchev–Trinajstić information content (AvgIpc) is 3.65. The van der Waals surface area contributed by atoms with E-state index in [-0.39, 0.29) is 24.3 Å². The van der Waals surface area contributed by atoms with Gasteiger partial charge in [-0.05, 0) is 60.8 Å². The Balaban J connectivity index is 0.973. The number of rotatable bonds is 5. The molecule has 0 aromatic carbocycles. The number of pyridine rings is 1. The van der Waals surface area contributed by atoms with E-state index >= 15 is 0 Å². The van der Waals surface area contributed by atoms with E-state index in [1.165, 1.54) is 0 Å². The predicted molar refractivity (Wildman–Crippen MR) is 147 cm³/mol. The van der Waals surface area contributed by atoms with Gasteiger partial charge in [-0.2, -0.15) is 0 Å². The summed E-state index contributed by atoms with van der Waals surface area (Å²) in [5.74, 6) is 1.48. The highest BCUT2D eigenvalue weighted by Gasteiger charge is 2.37. The van der Waals surface area contributed by atoms with Crippen molar-refractivity contribution in [2.45, 2.75) is 38.0 Å². The third-order valence-corrected chi connectivity index (χ3v) is 8.93. The molecule has 6 aliphatic rings. The smallest absolute Gasteiger partial charge is 0.320 e. The Morgan fingerprint density at radius 2 is 1.70 bits per heavy atom. The van der Waals surface area contributed by atoms with Gasteiger partial charge in [-0.25, -0.2) is 9.78 Å². The van der Waals surface area contributed by atoms with E-state index in [1.54, 1.807) is 12.3 Å². The molecule has 0 atom stereocenters. The number of dihydropyridines is 1. The van der Waals surface area contributed by atoms with Crippen LogP contribution in [0.1, 0.15) is 54.1 Å². The molecule has 1 saturated carbocycles. The predicted octanol–water partition coefficient (Wildman–Crippen LogP) is 2.61. The molecule has 10 nitrogen and oxygen atoms in total. The molecule has 1 aromatic heterocycles. The molecule has 1 aromatic rings. The zero-order chi connectivity index (χ0) is 27.2. The Hall–Kier alpha value is -3.53. The highest BCUT2D eigenvalue weighted by Crippen LogP contribution is 2.40. The van der Waals surface area contributed by atoms with E-state index in [0.717, 1.165) is 66.9 Å². The minimum Gasteiger partial charge on any atom is -0.477 e. The van der Waals surface area contributed by atoms with Crippen LogP contribution in [0, 0.1) is 5.92 Å². The number of amides is 3. The largest absolute Gasteiger partial charge is 0.477 e. The second kappa shape index (κ2) is 10.5. The lowest BCUT2D eigenvalue weighted by Crippen LogP contribution is -2.47. The fourth-order valence-corrected chi connectivity index (χ4v) is 6.39. The number of ether oxygens (including phenoxy) is 2. The van der Waals surface area contributed by atoms with Crippen LogP contribution in [-0.4, -0.2) is 109 Å². The lowest BCUT2D eigenvalue weighted by Gasteiger charge is -2.34. The van der Waals surface area contributed by atoms with Crippen LogP contribution < -0.4 is 4.74 Å². The van der Waals surface area contributed by atoms with E-state index in [2.05, 4.69) is 4.99 Å². The van der Waals surface area contributed by atoms with Gasteiger partial charge < -0.3 is 24.2 Å². The van der Waals surface area contributed by atoms with Crippen LogP contribution in [0.15, 0.2) is 39.4 Å². The summed E-state index contributed by atoms with van der Waals surface area (Å²) >= 11 is 0.